The van der Waals surface area contributed by atoms with E-state index in [1.165, 1.54) is 0 Å². The maximum Gasteiger partial charge on any atom is 0.238 e. The summed E-state index contributed by atoms with van der Waals surface area (Å²) in [5.74, 6) is 1.86. The van der Waals surface area contributed by atoms with Crippen LogP contribution in [0.25, 0.3) is 0 Å². The molecule has 2 heterocycles. The summed E-state index contributed by atoms with van der Waals surface area (Å²) in [4.78, 5) is 15.7. The Labute approximate surface area is 96.9 Å². The van der Waals surface area contributed by atoms with Gasteiger partial charge >= 0.3 is 0 Å². The van der Waals surface area contributed by atoms with E-state index >= 15 is 0 Å². The van der Waals surface area contributed by atoms with E-state index in [1.54, 1.807) is 23.1 Å². The van der Waals surface area contributed by atoms with Gasteiger partial charge in [-0.15, -0.1) is 23.1 Å². The molecule has 1 aromatic heterocycles. The van der Waals surface area contributed by atoms with Crippen molar-refractivity contribution >= 4 is 29.0 Å². The van der Waals surface area contributed by atoms with Crippen molar-refractivity contribution in [3.63, 3.8) is 0 Å². The molecule has 1 unspecified atom stereocenters. The summed E-state index contributed by atoms with van der Waals surface area (Å²) >= 11 is 3.34. The molecule has 2 rings (SSSR count). The highest BCUT2D eigenvalue weighted by Gasteiger charge is 2.21. The molecule has 0 saturated carbocycles. The van der Waals surface area contributed by atoms with Gasteiger partial charge in [0.2, 0.25) is 5.91 Å². The summed E-state index contributed by atoms with van der Waals surface area (Å²) in [6.07, 6.45) is 0.815. The predicted octanol–water partition coefficient (Wildman–Crippen LogP) is 0.464. The van der Waals surface area contributed by atoms with Crippen LogP contribution >= 0.6 is 23.1 Å². The van der Waals surface area contributed by atoms with Crippen LogP contribution in [0.5, 0.6) is 0 Å². The lowest BCUT2D eigenvalue weighted by Crippen LogP contribution is -2.42. The smallest absolute Gasteiger partial charge is 0.238 e. The lowest BCUT2D eigenvalue weighted by Gasteiger charge is -2.09. The maximum atomic E-state index is 11.6. The third-order valence-corrected chi connectivity index (χ3v) is 3.77. The first-order valence-electron chi connectivity index (χ1n) is 4.82. The van der Waals surface area contributed by atoms with Gasteiger partial charge in [0.05, 0.1) is 17.2 Å². The first kappa shape index (κ1) is 10.9. The zero-order valence-corrected chi connectivity index (χ0v) is 9.87. The average molecular weight is 243 g/mol. The number of carbonyl (C=O) groups excluding carboxylic acids is 1. The highest BCUT2D eigenvalue weighted by molar-refractivity contribution is 7.99. The number of nitrogens with one attached hydrogen (secondary N) is 2. The van der Waals surface area contributed by atoms with Crippen molar-refractivity contribution in [2.75, 3.05) is 18.2 Å². The number of hydrogen-bond acceptors (Lipinski definition) is 5. The Kier molecular flexibility index (Phi) is 3.99. The van der Waals surface area contributed by atoms with E-state index in [2.05, 4.69) is 15.6 Å². The first-order valence-corrected chi connectivity index (χ1v) is 6.92. The topological polar surface area (TPSA) is 54.0 Å². The molecule has 82 valence electrons. The van der Waals surface area contributed by atoms with Crippen molar-refractivity contribution < 1.29 is 4.79 Å². The van der Waals surface area contributed by atoms with Crippen molar-refractivity contribution in [3.8, 4) is 0 Å². The monoisotopic (exact) mass is 243 g/mol. The fraction of sp³-hybridized carbons (Fsp3) is 0.556. The van der Waals surface area contributed by atoms with Crippen molar-refractivity contribution in [3.05, 3.63) is 16.6 Å². The first-order chi connectivity index (χ1) is 7.36. The summed E-state index contributed by atoms with van der Waals surface area (Å²) in [6, 6.07) is -0.00886. The van der Waals surface area contributed by atoms with Gasteiger partial charge in [-0.25, -0.2) is 4.98 Å². The van der Waals surface area contributed by atoms with Gasteiger partial charge in [0.15, 0.2) is 0 Å². The molecular weight excluding hydrogens is 230 g/mol. The van der Waals surface area contributed by atoms with E-state index in [-0.39, 0.29) is 11.9 Å². The molecule has 0 aliphatic carbocycles. The fourth-order valence-corrected chi connectivity index (χ4v) is 2.90. The average Bonchev–Trinajstić information content (AvgIpc) is 2.90. The van der Waals surface area contributed by atoms with Crippen molar-refractivity contribution in [1.82, 2.24) is 15.6 Å². The number of nitrogens with zero attached hydrogens (tertiary/aromatic N) is 1. The second-order valence-corrected chi connectivity index (χ2v) is 5.04. The summed E-state index contributed by atoms with van der Waals surface area (Å²) in [6.45, 7) is 0.672. The van der Waals surface area contributed by atoms with E-state index in [9.17, 15) is 4.79 Å². The van der Waals surface area contributed by atoms with Crippen molar-refractivity contribution in [2.45, 2.75) is 12.5 Å². The van der Waals surface area contributed by atoms with Crippen molar-refractivity contribution in [1.29, 1.82) is 0 Å². The highest BCUT2D eigenvalue weighted by atomic mass is 32.2. The Morgan fingerprint density at radius 2 is 2.67 bits per heavy atom. The number of carbonyl (C=O) groups is 1. The van der Waals surface area contributed by atoms with E-state index in [0.29, 0.717) is 6.54 Å². The Morgan fingerprint density at radius 1 is 1.73 bits per heavy atom. The molecule has 0 bridgehead atoms. The predicted molar refractivity (Wildman–Crippen MR) is 63.1 cm³/mol. The summed E-state index contributed by atoms with van der Waals surface area (Å²) in [5.41, 5.74) is 2.86. The lowest BCUT2D eigenvalue weighted by molar-refractivity contribution is -0.122. The molecular formula is C9H13N3OS2. The minimum atomic E-state index is -0.00886. The number of hydrogen-bond donors (Lipinski definition) is 2. The Hall–Kier alpha value is -0.590. The van der Waals surface area contributed by atoms with Crippen LogP contribution in [0, 0.1) is 0 Å². The largest absolute Gasteiger partial charge is 0.354 e. The summed E-state index contributed by atoms with van der Waals surface area (Å²) in [7, 11) is 0. The Balaban J connectivity index is 1.67. The van der Waals surface area contributed by atoms with Gasteiger partial charge in [-0.05, 0) is 0 Å². The van der Waals surface area contributed by atoms with Crippen LogP contribution in [0.4, 0.5) is 0 Å². The maximum absolute atomic E-state index is 11.6. The van der Waals surface area contributed by atoms with Gasteiger partial charge < -0.3 is 5.32 Å². The second-order valence-electron chi connectivity index (χ2n) is 3.29. The molecule has 0 radical (unpaired) electrons. The molecule has 1 aliphatic rings. The molecule has 1 fully saturated rings. The number of aromatic nitrogens is 1. The molecule has 1 aliphatic heterocycles. The highest BCUT2D eigenvalue weighted by Crippen LogP contribution is 2.09. The molecule has 1 amide bonds. The molecule has 2 N–H and O–H groups in total. The zero-order chi connectivity index (χ0) is 10.5. The fourth-order valence-electron chi connectivity index (χ4n) is 1.36. The lowest BCUT2D eigenvalue weighted by atomic mass is 10.3. The molecule has 4 nitrogen and oxygen atoms in total. The van der Waals surface area contributed by atoms with Gasteiger partial charge in [-0.3, -0.25) is 10.1 Å². The molecule has 0 aromatic carbocycles. The second kappa shape index (κ2) is 5.48. The quantitative estimate of drug-likeness (QED) is 0.807. The van der Waals surface area contributed by atoms with Crippen LogP contribution in [0.3, 0.4) is 0 Å². The van der Waals surface area contributed by atoms with Crippen LogP contribution in [0.15, 0.2) is 10.9 Å². The van der Waals surface area contributed by atoms with Crippen LogP contribution in [-0.2, 0) is 11.2 Å². The normalized spacial score (nSPS) is 20.4. The number of amides is 1. The molecule has 1 aromatic rings. The summed E-state index contributed by atoms with van der Waals surface area (Å²) in [5, 5.41) is 8.06. The Morgan fingerprint density at radius 3 is 3.33 bits per heavy atom. The third-order valence-electron chi connectivity index (χ3n) is 2.20. The molecule has 1 atom stereocenters. The van der Waals surface area contributed by atoms with Crippen molar-refractivity contribution in [2.24, 2.45) is 0 Å². The van der Waals surface area contributed by atoms with Crippen LogP contribution < -0.4 is 10.6 Å². The van der Waals surface area contributed by atoms with Gasteiger partial charge in [-0.1, -0.05) is 0 Å². The number of rotatable bonds is 4. The molecule has 0 spiro atoms. The van der Waals surface area contributed by atoms with Gasteiger partial charge in [0.25, 0.3) is 0 Å². The third kappa shape index (κ3) is 3.19. The van der Waals surface area contributed by atoms with E-state index < -0.39 is 0 Å². The standard InChI is InChI=1S/C9H13N3OS2/c13-9(8-4-15-6-12-8)10-2-1-7-3-14-5-11-7/h3,5,8,12H,1-2,4,6H2,(H,10,13). The molecule has 1 saturated heterocycles. The number of thioether (sulfide) groups is 1. The van der Waals surface area contributed by atoms with E-state index in [1.807, 2.05) is 10.9 Å². The number of thiazole rings is 1. The Bertz CT molecular complexity index is 309. The van der Waals surface area contributed by atoms with Gasteiger partial charge in [0, 0.05) is 30.0 Å². The minimum Gasteiger partial charge on any atom is -0.354 e. The van der Waals surface area contributed by atoms with Crippen LogP contribution in [0.2, 0.25) is 0 Å². The van der Waals surface area contributed by atoms with Crippen LogP contribution in [-0.4, -0.2) is 35.1 Å². The molecule has 6 heteroatoms. The zero-order valence-electron chi connectivity index (χ0n) is 8.23. The SMILES string of the molecule is O=C(NCCc1cscn1)C1CSCN1. The van der Waals surface area contributed by atoms with Crippen LogP contribution in [0.1, 0.15) is 5.69 Å². The van der Waals surface area contributed by atoms with E-state index in [4.69, 9.17) is 0 Å². The summed E-state index contributed by atoms with van der Waals surface area (Å²) < 4.78 is 0. The molecule has 15 heavy (non-hydrogen) atoms. The van der Waals surface area contributed by atoms with Gasteiger partial charge in [0.1, 0.15) is 0 Å². The van der Waals surface area contributed by atoms with E-state index in [0.717, 1.165) is 23.7 Å². The van der Waals surface area contributed by atoms with Gasteiger partial charge in [-0.2, -0.15) is 0 Å². The minimum absolute atomic E-state index is 0.00886.